The number of nitrogens with zero attached hydrogens (tertiary/aromatic N) is 3. The fourth-order valence-corrected chi connectivity index (χ4v) is 6.14. The summed E-state index contributed by atoms with van der Waals surface area (Å²) < 4.78 is 34.9. The van der Waals surface area contributed by atoms with Crippen molar-refractivity contribution in [3.63, 3.8) is 0 Å². The van der Waals surface area contributed by atoms with Crippen LogP contribution in [0.1, 0.15) is 62.2 Å². The number of halogens is 1. The van der Waals surface area contributed by atoms with E-state index >= 15 is 0 Å². The molecule has 1 atom stereocenters. The van der Waals surface area contributed by atoms with Crippen LogP contribution in [-0.4, -0.2) is 48.2 Å². The molecule has 0 bridgehead atoms. The normalized spacial score (nSPS) is 12.3. The number of aliphatic hydroxyl groups is 2. The van der Waals surface area contributed by atoms with Crippen molar-refractivity contribution in [2.24, 2.45) is 0 Å². The first-order chi connectivity index (χ1) is 24.8. The van der Waals surface area contributed by atoms with E-state index in [9.17, 15) is 29.0 Å². The number of pyridine rings is 1. The molecule has 272 valence electrons. The molecule has 10 nitrogen and oxygen atoms in total. The Hall–Kier alpha value is -4.66. The number of imidazole rings is 1. The van der Waals surface area contributed by atoms with E-state index in [0.29, 0.717) is 35.6 Å². The van der Waals surface area contributed by atoms with E-state index in [-0.39, 0.29) is 36.8 Å². The molecule has 2 aromatic heterocycles. The summed E-state index contributed by atoms with van der Waals surface area (Å²) >= 11 is 0. The second-order valence-corrected chi connectivity index (χ2v) is 14.7. The first kappa shape index (κ1) is 38.6. The lowest BCUT2D eigenvalue weighted by atomic mass is 10.0. The zero-order valence-corrected chi connectivity index (χ0v) is 30.4. The van der Waals surface area contributed by atoms with Gasteiger partial charge in [-0.3, -0.25) is 9.79 Å². The van der Waals surface area contributed by atoms with Crippen molar-refractivity contribution in [1.82, 2.24) is 14.9 Å². The highest BCUT2D eigenvalue weighted by Crippen LogP contribution is 2.40. The molecule has 0 amide bonds. The zero-order valence-electron chi connectivity index (χ0n) is 29.5. The molecular formula is C40H45FN4O6P+. The van der Waals surface area contributed by atoms with Crippen LogP contribution in [0.2, 0.25) is 0 Å². The van der Waals surface area contributed by atoms with Gasteiger partial charge in [0.05, 0.1) is 29.7 Å². The summed E-state index contributed by atoms with van der Waals surface area (Å²) in [7, 11) is -4.90. The molecular weight excluding hydrogens is 682 g/mol. The van der Waals surface area contributed by atoms with Gasteiger partial charge in [-0.25, -0.2) is 18.5 Å². The van der Waals surface area contributed by atoms with Gasteiger partial charge in [-0.2, -0.15) is 0 Å². The van der Waals surface area contributed by atoms with E-state index in [1.807, 2.05) is 68.1 Å². The third kappa shape index (κ3) is 10.9. The molecule has 0 saturated carbocycles. The number of aryl methyl sites for hydroxylation is 1. The highest BCUT2D eigenvalue weighted by atomic mass is 31.2. The third-order valence-corrected chi connectivity index (χ3v) is 8.68. The minimum Gasteiger partial charge on any atom is -0.404 e. The average Bonchev–Trinajstić information content (AvgIpc) is 3.46. The highest BCUT2D eigenvalue weighted by Gasteiger charge is 2.24. The van der Waals surface area contributed by atoms with Gasteiger partial charge in [0.1, 0.15) is 11.6 Å². The average molecular weight is 728 g/mol. The van der Waals surface area contributed by atoms with E-state index in [0.717, 1.165) is 29.7 Å². The van der Waals surface area contributed by atoms with Gasteiger partial charge in [0.25, 0.3) is 0 Å². The number of aromatic nitrogens is 3. The Morgan fingerprint density at radius 3 is 2.37 bits per heavy atom. The molecule has 52 heavy (non-hydrogen) atoms. The molecule has 0 radical (unpaired) electrons. The Bertz CT molecular complexity index is 2050. The largest absolute Gasteiger partial charge is 0.524 e. The molecule has 0 saturated heterocycles. The van der Waals surface area contributed by atoms with E-state index in [1.165, 1.54) is 23.8 Å². The lowest BCUT2D eigenvalue weighted by Gasteiger charge is -2.23. The smallest absolute Gasteiger partial charge is 0.404 e. The quantitative estimate of drug-likeness (QED) is 0.0537. The maximum absolute atomic E-state index is 14.0. The number of rotatable bonds is 14. The topological polar surface area (TPSA) is 141 Å². The monoisotopic (exact) mass is 727 g/mol. The number of hydrogen-bond acceptors (Lipinski definition) is 6. The minimum atomic E-state index is -4.90. The number of benzene rings is 3. The van der Waals surface area contributed by atoms with Crippen molar-refractivity contribution in [3.05, 3.63) is 126 Å². The summed E-state index contributed by atoms with van der Waals surface area (Å²) in [5.74, 6) is 6.28. The summed E-state index contributed by atoms with van der Waals surface area (Å²) in [5.41, 5.74) is 4.92. The van der Waals surface area contributed by atoms with Gasteiger partial charge in [0, 0.05) is 48.3 Å². The second kappa shape index (κ2) is 17.2. The molecule has 0 spiro atoms. The maximum Gasteiger partial charge on any atom is 0.524 e. The van der Waals surface area contributed by atoms with E-state index in [2.05, 4.69) is 33.9 Å². The van der Waals surface area contributed by atoms with Crippen LogP contribution in [0.25, 0.3) is 22.5 Å². The molecule has 5 N–H and O–H groups in total. The SMILES string of the molecule is CC(C)(C)NCC(O)c1ccc(C[n+]2ccc(-c3c(-c4ccc(F)cc4)nc(C#CCCO)n3CCCc3ccccc3)cc2)c(OP(=O)(O)O)c1. The van der Waals surface area contributed by atoms with E-state index in [1.54, 1.807) is 24.3 Å². The molecule has 1 unspecified atom stereocenters. The van der Waals surface area contributed by atoms with Crippen molar-refractivity contribution < 1.29 is 38.0 Å². The molecule has 3 aromatic carbocycles. The Labute approximate surface area is 303 Å². The number of nitrogens with one attached hydrogen (secondary N) is 1. The predicted molar refractivity (Wildman–Crippen MR) is 198 cm³/mol. The van der Waals surface area contributed by atoms with E-state index in [4.69, 9.17) is 9.51 Å². The summed E-state index contributed by atoms with van der Waals surface area (Å²) in [5, 5.41) is 23.4. The van der Waals surface area contributed by atoms with Gasteiger partial charge >= 0.3 is 7.82 Å². The van der Waals surface area contributed by atoms with Gasteiger partial charge in [-0.1, -0.05) is 42.3 Å². The number of β-amino-alcohol motifs (C(OH)–C–C–N with tert-alkyl or cyclic N) is 1. The maximum atomic E-state index is 14.0. The zero-order chi connectivity index (χ0) is 37.3. The first-order valence-electron chi connectivity index (χ1n) is 17.1. The fourth-order valence-electron chi connectivity index (χ4n) is 5.71. The van der Waals surface area contributed by atoms with Crippen LogP contribution in [0.15, 0.2) is 97.3 Å². The molecule has 0 aliphatic rings. The van der Waals surface area contributed by atoms with Crippen LogP contribution in [0, 0.1) is 17.7 Å². The highest BCUT2D eigenvalue weighted by molar-refractivity contribution is 7.46. The summed E-state index contributed by atoms with van der Waals surface area (Å²) in [4.78, 5) is 24.3. The number of phosphoric acid groups is 1. The number of phosphoric ester groups is 1. The summed E-state index contributed by atoms with van der Waals surface area (Å²) in [6.07, 6.45) is 4.70. The van der Waals surface area contributed by atoms with Crippen molar-refractivity contribution in [3.8, 4) is 40.1 Å². The summed E-state index contributed by atoms with van der Waals surface area (Å²) in [6.45, 7) is 6.91. The standard InChI is InChI=1S/C40H44FN4O6P/c1-40(2,3)42-27-35(47)32-14-15-33(36(26-32)51-52(48,49)50)28-44-23-20-31(21-24-44)39-38(30-16-18-34(41)19-17-30)43-37(13-7-8-25-46)45(39)22-9-12-29-10-5-4-6-11-29/h4-6,10-11,14-21,23-24,26,35,42,46-47H,8-9,12,22,25,27-28H2,1-3H3,(H-,48,49,50)/p+1. The molecule has 5 aromatic rings. The molecule has 0 aliphatic carbocycles. The molecule has 5 rings (SSSR count). The molecule has 0 fully saturated rings. The lowest BCUT2D eigenvalue weighted by Crippen LogP contribution is -2.38. The van der Waals surface area contributed by atoms with Crippen LogP contribution in [0.3, 0.4) is 0 Å². The molecule has 12 heteroatoms. The lowest BCUT2D eigenvalue weighted by molar-refractivity contribution is -0.688. The van der Waals surface area contributed by atoms with E-state index < -0.39 is 13.9 Å². The Morgan fingerprint density at radius 1 is 1.00 bits per heavy atom. The Kier molecular flexibility index (Phi) is 12.8. The molecule has 2 heterocycles. The van der Waals surface area contributed by atoms with Crippen molar-refractivity contribution in [2.75, 3.05) is 13.2 Å². The first-order valence-corrected chi connectivity index (χ1v) is 18.6. The van der Waals surface area contributed by atoms with Crippen molar-refractivity contribution in [2.45, 2.75) is 64.8 Å². The second-order valence-electron chi connectivity index (χ2n) is 13.5. The number of hydrogen-bond donors (Lipinski definition) is 5. The van der Waals surface area contributed by atoms with Gasteiger partial charge in [0.15, 0.2) is 24.8 Å². The van der Waals surface area contributed by atoms with Crippen LogP contribution in [0.4, 0.5) is 4.39 Å². The predicted octanol–water partition coefficient (Wildman–Crippen LogP) is 5.95. The Morgan fingerprint density at radius 2 is 1.71 bits per heavy atom. The van der Waals surface area contributed by atoms with Gasteiger partial charge < -0.3 is 24.6 Å². The van der Waals surface area contributed by atoms with Gasteiger partial charge in [-0.05, 0) is 87.1 Å². The third-order valence-electron chi connectivity index (χ3n) is 8.25. The van der Waals surface area contributed by atoms with Gasteiger partial charge in [-0.15, -0.1) is 0 Å². The van der Waals surface area contributed by atoms with Crippen LogP contribution in [0.5, 0.6) is 5.75 Å². The minimum absolute atomic E-state index is 0.0293. The van der Waals surface area contributed by atoms with Crippen LogP contribution in [-0.2, 0) is 24.1 Å². The van der Waals surface area contributed by atoms with Crippen molar-refractivity contribution >= 4 is 7.82 Å². The van der Waals surface area contributed by atoms with Crippen LogP contribution < -0.4 is 14.4 Å². The Balaban J connectivity index is 1.50. The summed E-state index contributed by atoms with van der Waals surface area (Å²) in [6, 6.07) is 25.1. The van der Waals surface area contributed by atoms with Crippen molar-refractivity contribution in [1.29, 1.82) is 0 Å². The number of aliphatic hydroxyl groups excluding tert-OH is 2. The van der Waals surface area contributed by atoms with Crippen LogP contribution >= 0.6 is 7.82 Å². The fraction of sp³-hybridized carbons (Fsp3) is 0.300. The van der Waals surface area contributed by atoms with Gasteiger partial charge in [0.2, 0.25) is 0 Å². The molecule has 0 aliphatic heterocycles.